The molecule has 0 amide bonds. The van der Waals surface area contributed by atoms with E-state index in [9.17, 15) is 4.79 Å². The van der Waals surface area contributed by atoms with Gasteiger partial charge in [-0.15, -0.1) is 0 Å². The van der Waals surface area contributed by atoms with Crippen LogP contribution in [0.5, 0.6) is 0 Å². The summed E-state index contributed by atoms with van der Waals surface area (Å²) in [5, 5.41) is 7.57. The average molecular weight is 321 g/mol. The van der Waals surface area contributed by atoms with Gasteiger partial charge in [0.05, 0.1) is 11.3 Å². The maximum atomic E-state index is 12.9. The molecule has 3 aromatic heterocycles. The van der Waals surface area contributed by atoms with Crippen LogP contribution in [-0.4, -0.2) is 30.5 Å². The number of aromatic amines is 2. The van der Waals surface area contributed by atoms with Crippen LogP contribution in [-0.2, 0) is 0 Å². The minimum atomic E-state index is -0.222. The molecule has 4 aromatic rings. The standard InChI is InChI=1S/C16H11N5OS/c22-13(12-9-18-14-11(12)7-4-8-17-14)15-19-20-16(23)21(15)10-5-2-1-3-6-10/h1-9H,(H,17,18)(H,20,23). The summed E-state index contributed by atoms with van der Waals surface area (Å²) in [5.74, 6) is 0.0198. The molecule has 3 heterocycles. The molecule has 0 spiro atoms. The second kappa shape index (κ2) is 5.29. The number of pyridine rings is 1. The number of fused-ring (bicyclic) bond motifs is 1. The number of hydrogen-bond donors (Lipinski definition) is 2. The second-order valence-electron chi connectivity index (χ2n) is 4.95. The number of carbonyl (C=O) groups excluding carboxylic acids is 1. The van der Waals surface area contributed by atoms with Gasteiger partial charge >= 0.3 is 0 Å². The highest BCUT2D eigenvalue weighted by atomic mass is 32.1. The molecule has 0 unspecified atom stereocenters. The zero-order chi connectivity index (χ0) is 15.8. The van der Waals surface area contributed by atoms with Gasteiger partial charge in [0.25, 0.3) is 0 Å². The Morgan fingerprint density at radius 2 is 1.96 bits per heavy atom. The minimum Gasteiger partial charge on any atom is -0.345 e. The largest absolute Gasteiger partial charge is 0.345 e. The van der Waals surface area contributed by atoms with Crippen LogP contribution in [0.2, 0.25) is 0 Å². The molecule has 0 saturated heterocycles. The molecule has 0 fully saturated rings. The lowest BCUT2D eigenvalue weighted by molar-refractivity contribution is 0.102. The van der Waals surface area contributed by atoms with Crippen LogP contribution in [0, 0.1) is 4.77 Å². The molecule has 112 valence electrons. The first-order chi connectivity index (χ1) is 11.3. The number of aromatic nitrogens is 5. The van der Waals surface area contributed by atoms with Crippen molar-refractivity contribution in [3.8, 4) is 5.69 Å². The van der Waals surface area contributed by atoms with Gasteiger partial charge in [-0.2, -0.15) is 5.10 Å². The van der Waals surface area contributed by atoms with E-state index in [-0.39, 0.29) is 11.6 Å². The van der Waals surface area contributed by atoms with Crippen LogP contribution in [0.4, 0.5) is 0 Å². The number of rotatable bonds is 3. The van der Waals surface area contributed by atoms with Crippen LogP contribution < -0.4 is 0 Å². The Balaban J connectivity index is 1.89. The lowest BCUT2D eigenvalue weighted by atomic mass is 10.1. The third-order valence-electron chi connectivity index (χ3n) is 3.59. The molecule has 0 bridgehead atoms. The fourth-order valence-corrected chi connectivity index (χ4v) is 2.77. The summed E-state index contributed by atoms with van der Waals surface area (Å²) in [4.78, 5) is 20.1. The Morgan fingerprint density at radius 3 is 2.78 bits per heavy atom. The van der Waals surface area contributed by atoms with Gasteiger partial charge < -0.3 is 4.98 Å². The van der Waals surface area contributed by atoms with E-state index in [0.717, 1.165) is 11.1 Å². The fourth-order valence-electron chi connectivity index (χ4n) is 2.53. The van der Waals surface area contributed by atoms with Gasteiger partial charge in [-0.05, 0) is 36.5 Å². The lowest BCUT2D eigenvalue weighted by Gasteiger charge is -2.05. The molecule has 0 radical (unpaired) electrons. The summed E-state index contributed by atoms with van der Waals surface area (Å²) in [6, 6.07) is 13.1. The van der Waals surface area contributed by atoms with Crippen molar-refractivity contribution in [2.45, 2.75) is 0 Å². The predicted octanol–water partition coefficient (Wildman–Crippen LogP) is 3.04. The fraction of sp³-hybridized carbons (Fsp3) is 0. The van der Waals surface area contributed by atoms with E-state index in [0.29, 0.717) is 16.0 Å². The zero-order valence-corrected chi connectivity index (χ0v) is 12.7. The summed E-state index contributed by atoms with van der Waals surface area (Å²) >= 11 is 5.27. The Hall–Kier alpha value is -3.06. The normalized spacial score (nSPS) is 11.0. The van der Waals surface area contributed by atoms with E-state index >= 15 is 0 Å². The van der Waals surface area contributed by atoms with Gasteiger partial charge in [0, 0.05) is 17.8 Å². The van der Waals surface area contributed by atoms with E-state index in [1.165, 1.54) is 0 Å². The van der Waals surface area contributed by atoms with Crippen molar-refractivity contribution in [2.24, 2.45) is 0 Å². The molecule has 0 aliphatic heterocycles. The lowest BCUT2D eigenvalue weighted by Crippen LogP contribution is -2.10. The molecule has 1 aromatic carbocycles. The van der Waals surface area contributed by atoms with Crippen LogP contribution in [0.25, 0.3) is 16.7 Å². The molecule has 0 atom stereocenters. The highest BCUT2D eigenvalue weighted by molar-refractivity contribution is 7.71. The Morgan fingerprint density at radius 1 is 1.13 bits per heavy atom. The van der Waals surface area contributed by atoms with Crippen molar-refractivity contribution in [1.82, 2.24) is 24.7 Å². The summed E-state index contributed by atoms with van der Waals surface area (Å²) in [5.41, 5.74) is 1.96. The van der Waals surface area contributed by atoms with Crippen LogP contribution in [0.15, 0.2) is 54.9 Å². The Kier molecular flexibility index (Phi) is 3.13. The van der Waals surface area contributed by atoms with Gasteiger partial charge in [-0.3, -0.25) is 14.5 Å². The van der Waals surface area contributed by atoms with E-state index in [1.807, 2.05) is 36.4 Å². The highest BCUT2D eigenvalue weighted by Gasteiger charge is 2.21. The maximum Gasteiger partial charge on any atom is 0.232 e. The van der Waals surface area contributed by atoms with Gasteiger partial charge in [-0.1, -0.05) is 18.2 Å². The molecule has 0 aliphatic rings. The molecular formula is C16H11N5OS. The number of nitrogens with zero attached hydrogens (tertiary/aromatic N) is 3. The first kappa shape index (κ1) is 13.6. The van der Waals surface area contributed by atoms with Crippen LogP contribution in [0.1, 0.15) is 16.2 Å². The summed E-state index contributed by atoms with van der Waals surface area (Å²) in [7, 11) is 0. The molecule has 0 aliphatic carbocycles. The average Bonchev–Trinajstić information content (AvgIpc) is 3.19. The van der Waals surface area contributed by atoms with Crippen molar-refractivity contribution >= 4 is 29.0 Å². The Labute approximate surface area is 135 Å². The van der Waals surface area contributed by atoms with Crippen molar-refractivity contribution in [3.05, 3.63) is 71.0 Å². The van der Waals surface area contributed by atoms with Crippen molar-refractivity contribution in [1.29, 1.82) is 0 Å². The first-order valence-corrected chi connectivity index (χ1v) is 7.36. The SMILES string of the molecule is O=C(c1c[nH]c2ncccc12)c1n[nH]c(=S)n1-c1ccccc1. The topological polar surface area (TPSA) is 79.4 Å². The van der Waals surface area contributed by atoms with Crippen molar-refractivity contribution < 1.29 is 4.79 Å². The third kappa shape index (κ3) is 2.18. The van der Waals surface area contributed by atoms with E-state index in [4.69, 9.17) is 12.2 Å². The number of H-pyrrole nitrogens is 2. The van der Waals surface area contributed by atoms with Crippen molar-refractivity contribution in [2.75, 3.05) is 0 Å². The molecule has 2 N–H and O–H groups in total. The molecule has 7 heteroatoms. The summed E-state index contributed by atoms with van der Waals surface area (Å²) in [6.45, 7) is 0. The molecule has 4 rings (SSSR count). The zero-order valence-electron chi connectivity index (χ0n) is 11.9. The third-order valence-corrected chi connectivity index (χ3v) is 3.86. The van der Waals surface area contributed by atoms with Crippen LogP contribution in [0.3, 0.4) is 0 Å². The van der Waals surface area contributed by atoms with Crippen molar-refractivity contribution in [3.63, 3.8) is 0 Å². The first-order valence-electron chi connectivity index (χ1n) is 6.95. The molecule has 23 heavy (non-hydrogen) atoms. The molecule has 6 nitrogen and oxygen atoms in total. The van der Waals surface area contributed by atoms with Gasteiger partial charge in [0.15, 0.2) is 4.77 Å². The number of carbonyl (C=O) groups is 1. The van der Waals surface area contributed by atoms with Gasteiger partial charge in [0.2, 0.25) is 11.6 Å². The quantitative estimate of drug-likeness (QED) is 0.449. The summed E-state index contributed by atoms with van der Waals surface area (Å²) in [6.07, 6.45) is 3.32. The highest BCUT2D eigenvalue weighted by Crippen LogP contribution is 2.20. The second-order valence-corrected chi connectivity index (χ2v) is 5.34. The van der Waals surface area contributed by atoms with Crippen LogP contribution >= 0.6 is 12.2 Å². The number of hydrogen-bond acceptors (Lipinski definition) is 4. The van der Waals surface area contributed by atoms with E-state index in [2.05, 4.69) is 20.2 Å². The maximum absolute atomic E-state index is 12.9. The molecular weight excluding hydrogens is 310 g/mol. The number of para-hydroxylation sites is 1. The molecule has 0 saturated carbocycles. The Bertz CT molecular complexity index is 1060. The summed E-state index contributed by atoms with van der Waals surface area (Å²) < 4.78 is 2.00. The van der Waals surface area contributed by atoms with E-state index < -0.39 is 0 Å². The van der Waals surface area contributed by atoms with E-state index in [1.54, 1.807) is 23.0 Å². The van der Waals surface area contributed by atoms with Gasteiger partial charge in [0.1, 0.15) is 5.65 Å². The minimum absolute atomic E-state index is 0.222. The number of benzene rings is 1. The smallest absolute Gasteiger partial charge is 0.232 e. The predicted molar refractivity (Wildman–Crippen MR) is 88.3 cm³/mol. The van der Waals surface area contributed by atoms with Gasteiger partial charge in [-0.25, -0.2) is 4.98 Å². The monoisotopic (exact) mass is 321 g/mol. The number of nitrogens with one attached hydrogen (secondary N) is 2. The number of ketones is 1.